The summed E-state index contributed by atoms with van der Waals surface area (Å²) in [5.41, 5.74) is 0.830. The van der Waals surface area contributed by atoms with Gasteiger partial charge in [0.1, 0.15) is 0 Å². The van der Waals surface area contributed by atoms with Crippen molar-refractivity contribution in [1.82, 2.24) is 0 Å². The summed E-state index contributed by atoms with van der Waals surface area (Å²) in [6.07, 6.45) is 4.79. The van der Waals surface area contributed by atoms with E-state index in [1.54, 1.807) is 13.0 Å². The van der Waals surface area contributed by atoms with Gasteiger partial charge in [0.15, 0.2) is 0 Å². The van der Waals surface area contributed by atoms with Crippen LogP contribution in [-0.2, 0) is 13.6 Å². The summed E-state index contributed by atoms with van der Waals surface area (Å²) in [5, 5.41) is 2.74. The molecule has 0 aromatic rings. The number of phosphoric ester groups is 1. The Hall–Kier alpha value is -0.550. The molecule has 0 fully saturated rings. The summed E-state index contributed by atoms with van der Waals surface area (Å²) in [7, 11) is -4.18. The maximum absolute atomic E-state index is 11.3. The highest BCUT2D eigenvalue weighted by atomic mass is 31.2. The van der Waals surface area contributed by atoms with Crippen LogP contribution in [0.15, 0.2) is 16.8 Å². The molecule has 0 aromatic carbocycles. The Bertz CT molecular complexity index is 306. The largest absolute Gasteiger partial charge is 0.756 e. The topological polar surface area (TPSA) is 88.0 Å². The molecule has 0 aliphatic rings. The second-order valence-electron chi connectivity index (χ2n) is 3.96. The SMILES string of the molecule is C/C=C(\C)COP(=O)([O-])OCCCCCCN=O. The van der Waals surface area contributed by atoms with Gasteiger partial charge in [0.05, 0.1) is 19.8 Å². The highest BCUT2D eigenvalue weighted by molar-refractivity contribution is 7.45. The van der Waals surface area contributed by atoms with Crippen LogP contribution in [0.1, 0.15) is 39.5 Å². The molecule has 0 aromatic heterocycles. The first-order chi connectivity index (χ1) is 8.52. The minimum atomic E-state index is -4.18. The van der Waals surface area contributed by atoms with Crippen molar-refractivity contribution in [3.63, 3.8) is 0 Å². The third kappa shape index (κ3) is 10.6. The Labute approximate surface area is 108 Å². The molecule has 0 spiro atoms. The number of rotatable bonds is 11. The minimum absolute atomic E-state index is 0.0300. The van der Waals surface area contributed by atoms with Crippen LogP contribution in [-0.4, -0.2) is 19.8 Å². The number of allylic oxidation sites excluding steroid dienone is 1. The molecule has 18 heavy (non-hydrogen) atoms. The molecular weight excluding hydrogens is 257 g/mol. The number of nitroso groups, excluding NO2 is 1. The molecule has 0 radical (unpaired) electrons. The number of unbranched alkanes of at least 4 members (excludes halogenated alkanes) is 3. The monoisotopic (exact) mass is 278 g/mol. The first-order valence-electron chi connectivity index (χ1n) is 6.03. The van der Waals surface area contributed by atoms with Crippen molar-refractivity contribution in [3.05, 3.63) is 16.6 Å². The van der Waals surface area contributed by atoms with E-state index in [1.807, 2.05) is 6.92 Å². The molecular formula is C11H21NO5P-. The summed E-state index contributed by atoms with van der Waals surface area (Å²) in [4.78, 5) is 21.1. The van der Waals surface area contributed by atoms with Gasteiger partial charge in [-0.1, -0.05) is 29.7 Å². The van der Waals surface area contributed by atoms with Gasteiger partial charge in [-0.15, -0.1) is 0 Å². The Morgan fingerprint density at radius 3 is 2.56 bits per heavy atom. The van der Waals surface area contributed by atoms with Crippen molar-refractivity contribution >= 4 is 7.82 Å². The average Bonchev–Trinajstić information content (AvgIpc) is 2.35. The van der Waals surface area contributed by atoms with Gasteiger partial charge >= 0.3 is 0 Å². The first-order valence-corrected chi connectivity index (χ1v) is 7.49. The lowest BCUT2D eigenvalue weighted by Gasteiger charge is -2.22. The van der Waals surface area contributed by atoms with Crippen LogP contribution in [0.4, 0.5) is 0 Å². The Morgan fingerprint density at radius 1 is 1.28 bits per heavy atom. The van der Waals surface area contributed by atoms with E-state index >= 15 is 0 Å². The lowest BCUT2D eigenvalue weighted by atomic mass is 10.2. The number of nitrogens with zero attached hydrogens (tertiary/aromatic N) is 1. The fourth-order valence-electron chi connectivity index (χ4n) is 1.11. The van der Waals surface area contributed by atoms with E-state index in [4.69, 9.17) is 4.52 Å². The molecule has 0 saturated heterocycles. The van der Waals surface area contributed by atoms with Crippen LogP contribution in [0.2, 0.25) is 0 Å². The molecule has 0 rings (SSSR count). The fraction of sp³-hybridized carbons (Fsp3) is 0.818. The first kappa shape index (κ1) is 17.4. The molecule has 0 N–H and O–H groups in total. The van der Waals surface area contributed by atoms with Gasteiger partial charge in [-0.2, -0.15) is 4.91 Å². The summed E-state index contributed by atoms with van der Waals surface area (Å²) < 4.78 is 20.7. The van der Waals surface area contributed by atoms with E-state index in [-0.39, 0.29) is 13.2 Å². The van der Waals surface area contributed by atoms with Gasteiger partial charge in [-0.05, 0) is 26.7 Å². The molecule has 1 unspecified atom stereocenters. The van der Waals surface area contributed by atoms with Crippen LogP contribution in [0.5, 0.6) is 0 Å². The molecule has 0 amide bonds. The van der Waals surface area contributed by atoms with Crippen molar-refractivity contribution in [2.45, 2.75) is 39.5 Å². The van der Waals surface area contributed by atoms with E-state index in [0.29, 0.717) is 13.0 Å². The zero-order valence-corrected chi connectivity index (χ0v) is 11.9. The van der Waals surface area contributed by atoms with E-state index in [0.717, 1.165) is 24.8 Å². The molecule has 0 aliphatic heterocycles. The molecule has 0 saturated carbocycles. The molecule has 6 nitrogen and oxygen atoms in total. The highest BCUT2D eigenvalue weighted by Gasteiger charge is 2.08. The van der Waals surface area contributed by atoms with Gasteiger partial charge in [0.2, 0.25) is 0 Å². The van der Waals surface area contributed by atoms with E-state index < -0.39 is 7.82 Å². The van der Waals surface area contributed by atoms with Crippen LogP contribution in [0, 0.1) is 4.91 Å². The van der Waals surface area contributed by atoms with Crippen molar-refractivity contribution in [3.8, 4) is 0 Å². The standard InChI is InChI=1S/C11H22NO5P/c1-3-11(2)10-17-18(14,15)16-9-7-5-4-6-8-12-13/h3H,4-10H2,1-2H3,(H,14,15)/p-1/b11-3+. The lowest BCUT2D eigenvalue weighted by Crippen LogP contribution is -2.10. The maximum atomic E-state index is 11.3. The Balaban J connectivity index is 3.58. The molecule has 0 bridgehead atoms. The predicted molar refractivity (Wildman–Crippen MR) is 68.1 cm³/mol. The smallest absolute Gasteiger partial charge is 0.268 e. The highest BCUT2D eigenvalue weighted by Crippen LogP contribution is 2.38. The van der Waals surface area contributed by atoms with E-state index in [2.05, 4.69) is 9.70 Å². The summed E-state index contributed by atoms with van der Waals surface area (Å²) in [6, 6.07) is 0. The number of hydrogen-bond acceptors (Lipinski definition) is 6. The lowest BCUT2D eigenvalue weighted by molar-refractivity contribution is -0.224. The van der Waals surface area contributed by atoms with Crippen LogP contribution in [0.3, 0.4) is 0 Å². The maximum Gasteiger partial charge on any atom is 0.268 e. The third-order valence-corrected chi connectivity index (χ3v) is 3.28. The molecule has 1 atom stereocenters. The zero-order valence-electron chi connectivity index (χ0n) is 11.0. The van der Waals surface area contributed by atoms with Gasteiger partial charge in [-0.25, -0.2) is 0 Å². The van der Waals surface area contributed by atoms with Gasteiger partial charge < -0.3 is 13.9 Å². The molecule has 7 heteroatoms. The van der Waals surface area contributed by atoms with Crippen molar-refractivity contribution in [1.29, 1.82) is 0 Å². The third-order valence-electron chi connectivity index (χ3n) is 2.34. The van der Waals surface area contributed by atoms with Crippen LogP contribution < -0.4 is 4.89 Å². The van der Waals surface area contributed by atoms with Crippen LogP contribution >= 0.6 is 7.82 Å². The second kappa shape index (κ2) is 10.4. The summed E-state index contributed by atoms with van der Waals surface area (Å²) in [5.74, 6) is 0. The fourth-order valence-corrected chi connectivity index (χ4v) is 1.90. The minimum Gasteiger partial charge on any atom is -0.756 e. The quantitative estimate of drug-likeness (QED) is 0.251. The summed E-state index contributed by atoms with van der Waals surface area (Å²) in [6.45, 7) is 4.05. The second-order valence-corrected chi connectivity index (χ2v) is 5.37. The van der Waals surface area contributed by atoms with Crippen molar-refractivity contribution in [2.24, 2.45) is 5.18 Å². The Kier molecular flexibility index (Phi) is 10.1. The molecule has 106 valence electrons. The van der Waals surface area contributed by atoms with E-state index in [1.165, 1.54) is 0 Å². The van der Waals surface area contributed by atoms with Gasteiger partial charge in [0.25, 0.3) is 7.82 Å². The van der Waals surface area contributed by atoms with Crippen molar-refractivity contribution < 1.29 is 18.5 Å². The zero-order chi connectivity index (χ0) is 13.9. The molecule has 0 aliphatic carbocycles. The predicted octanol–water partition coefficient (Wildman–Crippen LogP) is 2.78. The van der Waals surface area contributed by atoms with Gasteiger partial charge in [0, 0.05) is 0 Å². The molecule has 0 heterocycles. The van der Waals surface area contributed by atoms with Crippen molar-refractivity contribution in [2.75, 3.05) is 19.8 Å². The average molecular weight is 278 g/mol. The Morgan fingerprint density at radius 2 is 1.94 bits per heavy atom. The van der Waals surface area contributed by atoms with Crippen LogP contribution in [0.25, 0.3) is 0 Å². The normalized spacial score (nSPS) is 15.4. The number of hydrogen-bond donors (Lipinski definition) is 0. The summed E-state index contributed by atoms with van der Waals surface area (Å²) >= 11 is 0. The number of phosphoric acid groups is 1. The van der Waals surface area contributed by atoms with Gasteiger partial charge in [-0.3, -0.25) is 4.57 Å². The van der Waals surface area contributed by atoms with E-state index in [9.17, 15) is 14.4 Å².